The van der Waals surface area contributed by atoms with E-state index < -0.39 is 6.36 Å². The molecule has 1 saturated heterocycles. The summed E-state index contributed by atoms with van der Waals surface area (Å²) in [4.78, 5) is 33.6. The molecule has 0 spiro atoms. The van der Waals surface area contributed by atoms with Crippen LogP contribution in [0, 0.1) is 0 Å². The highest BCUT2D eigenvalue weighted by molar-refractivity contribution is 6.06. The van der Waals surface area contributed by atoms with Gasteiger partial charge in [0.25, 0.3) is 11.8 Å². The van der Waals surface area contributed by atoms with Crippen molar-refractivity contribution in [2.75, 3.05) is 31.5 Å². The van der Waals surface area contributed by atoms with E-state index in [2.05, 4.69) is 21.6 Å². The van der Waals surface area contributed by atoms with Crippen molar-refractivity contribution in [2.45, 2.75) is 13.3 Å². The van der Waals surface area contributed by atoms with E-state index in [9.17, 15) is 22.8 Å². The number of nitrogens with zero attached hydrogens (tertiary/aromatic N) is 3. The Kier molecular flexibility index (Phi) is 7.85. The Hall–Kier alpha value is -4.54. The fourth-order valence-electron chi connectivity index (χ4n) is 4.06. The third kappa shape index (κ3) is 6.41. The molecule has 1 N–H and O–H groups in total. The molecular weight excluding hydrogens is 501 g/mol. The number of piperazine rings is 1. The third-order valence-corrected chi connectivity index (χ3v) is 5.90. The van der Waals surface area contributed by atoms with Gasteiger partial charge in [0.05, 0.1) is 17.5 Å². The van der Waals surface area contributed by atoms with Gasteiger partial charge >= 0.3 is 6.36 Å². The van der Waals surface area contributed by atoms with Crippen LogP contribution in [0.3, 0.4) is 0 Å². The number of aliphatic imine (C=N–C) groups is 1. The lowest BCUT2D eigenvalue weighted by Gasteiger charge is -2.34. The topological polar surface area (TPSA) is 87.4 Å². The number of benzene rings is 2. The van der Waals surface area contributed by atoms with Crippen molar-refractivity contribution in [1.29, 1.82) is 0 Å². The average Bonchev–Trinajstić information content (AvgIpc) is 3.43. The molecule has 2 aromatic carbocycles. The highest BCUT2D eigenvalue weighted by atomic mass is 19.4. The van der Waals surface area contributed by atoms with Gasteiger partial charge in [-0.2, -0.15) is 0 Å². The number of amides is 2. The van der Waals surface area contributed by atoms with Gasteiger partial charge in [-0.15, -0.1) is 13.2 Å². The molecule has 0 radical (unpaired) electrons. The Labute approximate surface area is 217 Å². The molecule has 1 fully saturated rings. The Balaban J connectivity index is 1.46. The van der Waals surface area contributed by atoms with E-state index in [1.807, 2.05) is 0 Å². The molecule has 0 atom stereocenters. The van der Waals surface area contributed by atoms with Gasteiger partial charge in [-0.1, -0.05) is 12.6 Å². The Bertz CT molecular complexity index is 1330. The van der Waals surface area contributed by atoms with Crippen molar-refractivity contribution in [2.24, 2.45) is 4.99 Å². The lowest BCUT2D eigenvalue weighted by atomic mass is 10.0. The van der Waals surface area contributed by atoms with E-state index in [4.69, 9.17) is 4.42 Å². The highest BCUT2D eigenvalue weighted by Crippen LogP contribution is 2.27. The van der Waals surface area contributed by atoms with Crippen LogP contribution in [0.5, 0.6) is 5.75 Å². The number of carbonyl (C=O) groups is 2. The first kappa shape index (κ1) is 26.5. The first-order valence-electron chi connectivity index (χ1n) is 11.7. The van der Waals surface area contributed by atoms with Crippen molar-refractivity contribution >= 4 is 28.9 Å². The Morgan fingerprint density at radius 3 is 2.18 bits per heavy atom. The number of nitrogens with one attached hydrogen (secondary N) is 1. The van der Waals surface area contributed by atoms with Gasteiger partial charge in [0.2, 0.25) is 0 Å². The molecular formula is C27H25F3N4O4. The van der Waals surface area contributed by atoms with Crippen LogP contribution >= 0.6 is 0 Å². The van der Waals surface area contributed by atoms with Crippen LogP contribution in [-0.2, 0) is 0 Å². The maximum atomic E-state index is 13.2. The van der Waals surface area contributed by atoms with E-state index in [1.165, 1.54) is 43.0 Å². The molecule has 0 saturated carbocycles. The van der Waals surface area contributed by atoms with E-state index in [1.54, 1.807) is 41.0 Å². The van der Waals surface area contributed by atoms with Crippen molar-refractivity contribution in [3.8, 4) is 5.75 Å². The molecule has 0 bridgehead atoms. The van der Waals surface area contributed by atoms with Gasteiger partial charge in [-0.3, -0.25) is 14.6 Å². The van der Waals surface area contributed by atoms with E-state index in [0.29, 0.717) is 60.0 Å². The van der Waals surface area contributed by atoms with Gasteiger partial charge in [0.1, 0.15) is 12.0 Å². The summed E-state index contributed by atoms with van der Waals surface area (Å²) in [6.45, 7) is 7.04. The van der Waals surface area contributed by atoms with Crippen LogP contribution in [-0.4, -0.2) is 59.9 Å². The number of alkyl halides is 3. The minimum Gasteiger partial charge on any atom is -0.472 e. The zero-order valence-electron chi connectivity index (χ0n) is 20.5. The molecule has 4 rings (SSSR count). The fraction of sp³-hybridized carbons (Fsp3) is 0.222. The Morgan fingerprint density at radius 1 is 1.00 bits per heavy atom. The number of furan rings is 1. The predicted octanol–water partition coefficient (Wildman–Crippen LogP) is 5.47. The summed E-state index contributed by atoms with van der Waals surface area (Å²) in [5.74, 6) is -0.642. The van der Waals surface area contributed by atoms with Crippen LogP contribution in [0.25, 0.3) is 0 Å². The summed E-state index contributed by atoms with van der Waals surface area (Å²) >= 11 is 0. The van der Waals surface area contributed by atoms with Crippen LogP contribution < -0.4 is 10.1 Å². The molecule has 3 aromatic rings. The molecule has 2 amide bonds. The second-order valence-corrected chi connectivity index (χ2v) is 8.44. The van der Waals surface area contributed by atoms with Gasteiger partial charge in [-0.25, -0.2) is 0 Å². The van der Waals surface area contributed by atoms with Crippen molar-refractivity contribution in [3.05, 3.63) is 90.5 Å². The van der Waals surface area contributed by atoms with Gasteiger partial charge in [0, 0.05) is 48.7 Å². The number of carbonyl (C=O) groups excluding carboxylic acids is 2. The van der Waals surface area contributed by atoms with Gasteiger partial charge in [-0.05, 0) is 55.6 Å². The molecule has 1 aliphatic heterocycles. The molecule has 1 aliphatic rings. The summed E-state index contributed by atoms with van der Waals surface area (Å²) in [5, 5.41) is 3.02. The molecule has 2 heterocycles. The summed E-state index contributed by atoms with van der Waals surface area (Å²) < 4.78 is 46.0. The van der Waals surface area contributed by atoms with Crippen LogP contribution in [0.4, 0.5) is 24.5 Å². The van der Waals surface area contributed by atoms with E-state index in [0.717, 1.165) is 0 Å². The molecule has 8 nitrogen and oxygen atoms in total. The van der Waals surface area contributed by atoms with Crippen LogP contribution in [0.15, 0.2) is 83.2 Å². The second-order valence-electron chi connectivity index (χ2n) is 8.44. The first-order chi connectivity index (χ1) is 18.1. The summed E-state index contributed by atoms with van der Waals surface area (Å²) in [6.07, 6.45) is -0.445. The standard InChI is InChI=1S/C27H25F3N4O4/c1-3-31-24-16-19(25(35)33-11-13-34(14-12-33)26(36)20-10-15-37-17-20)4-9-23(24)18(2)32-21-5-7-22(8-6-21)38-27(28,29)30/h3-10,15-17,31H,1,11-14H2,2H3. The molecule has 198 valence electrons. The SMILES string of the molecule is C=CNc1cc(C(=O)N2CCN(C(=O)c3ccoc3)CC2)ccc1C(C)=Nc1ccc(OC(F)(F)F)cc1. The minimum absolute atomic E-state index is 0.134. The molecule has 11 heteroatoms. The number of anilines is 1. The molecule has 0 unspecified atom stereocenters. The maximum absolute atomic E-state index is 13.2. The maximum Gasteiger partial charge on any atom is 0.573 e. The molecule has 0 aliphatic carbocycles. The number of ether oxygens (including phenoxy) is 1. The van der Waals surface area contributed by atoms with Crippen LogP contribution in [0.1, 0.15) is 33.2 Å². The largest absolute Gasteiger partial charge is 0.573 e. The highest BCUT2D eigenvalue weighted by Gasteiger charge is 2.31. The third-order valence-electron chi connectivity index (χ3n) is 5.90. The van der Waals surface area contributed by atoms with E-state index >= 15 is 0 Å². The number of hydrogen-bond acceptors (Lipinski definition) is 6. The first-order valence-corrected chi connectivity index (χ1v) is 11.7. The number of rotatable bonds is 7. The monoisotopic (exact) mass is 526 g/mol. The lowest BCUT2D eigenvalue weighted by Crippen LogP contribution is -2.50. The van der Waals surface area contributed by atoms with Crippen molar-refractivity contribution in [1.82, 2.24) is 9.80 Å². The summed E-state index contributed by atoms with van der Waals surface area (Å²) in [6, 6.07) is 11.9. The number of hydrogen-bond donors (Lipinski definition) is 1. The predicted molar refractivity (Wildman–Crippen MR) is 136 cm³/mol. The average molecular weight is 527 g/mol. The Morgan fingerprint density at radius 2 is 1.63 bits per heavy atom. The zero-order chi connectivity index (χ0) is 27.3. The zero-order valence-corrected chi connectivity index (χ0v) is 20.5. The summed E-state index contributed by atoms with van der Waals surface area (Å²) in [5.41, 5.74) is 3.22. The lowest BCUT2D eigenvalue weighted by molar-refractivity contribution is -0.274. The van der Waals surface area contributed by atoms with Gasteiger partial charge in [0.15, 0.2) is 0 Å². The fourth-order valence-corrected chi connectivity index (χ4v) is 4.06. The molecule has 1 aromatic heterocycles. The number of halogens is 3. The summed E-state index contributed by atoms with van der Waals surface area (Å²) in [7, 11) is 0. The quantitative estimate of drug-likeness (QED) is 0.413. The molecule has 38 heavy (non-hydrogen) atoms. The van der Waals surface area contributed by atoms with E-state index in [-0.39, 0.29) is 17.6 Å². The second kappa shape index (κ2) is 11.2. The smallest absolute Gasteiger partial charge is 0.472 e. The normalized spacial score (nSPS) is 14.3. The van der Waals surface area contributed by atoms with Gasteiger partial charge < -0.3 is 24.3 Å². The van der Waals surface area contributed by atoms with Crippen LogP contribution in [0.2, 0.25) is 0 Å². The van der Waals surface area contributed by atoms with Crippen molar-refractivity contribution < 1.29 is 31.9 Å². The van der Waals surface area contributed by atoms with Crippen molar-refractivity contribution in [3.63, 3.8) is 0 Å². The minimum atomic E-state index is -4.77.